The predicted molar refractivity (Wildman–Crippen MR) is 102 cm³/mol. The topological polar surface area (TPSA) is 57.3 Å². The number of rotatable bonds is 6. The third-order valence-electron chi connectivity index (χ3n) is 4.89. The normalized spacial score (nSPS) is 18.7. The van der Waals surface area contributed by atoms with Gasteiger partial charge in [-0.1, -0.05) is 0 Å². The molecule has 0 spiro atoms. The lowest BCUT2D eigenvalue weighted by Crippen LogP contribution is -2.52. The second-order valence-corrected chi connectivity index (χ2v) is 6.59. The summed E-state index contributed by atoms with van der Waals surface area (Å²) in [4.78, 5) is 18.9. The molecule has 1 aromatic carbocycles. The summed E-state index contributed by atoms with van der Waals surface area (Å²) < 4.78 is 10.8. The molecule has 2 fully saturated rings. The number of morpholine rings is 1. The zero-order valence-corrected chi connectivity index (χ0v) is 15.7. The minimum absolute atomic E-state index is 0.0459. The van der Waals surface area contributed by atoms with E-state index in [9.17, 15) is 4.79 Å². The van der Waals surface area contributed by atoms with E-state index < -0.39 is 0 Å². The van der Waals surface area contributed by atoms with Gasteiger partial charge in [0.05, 0.1) is 19.8 Å². The van der Waals surface area contributed by atoms with Gasteiger partial charge in [0.15, 0.2) is 0 Å². The van der Waals surface area contributed by atoms with E-state index in [0.717, 1.165) is 64.8 Å². The molecule has 0 atom stereocenters. The summed E-state index contributed by atoms with van der Waals surface area (Å²) in [5, 5.41) is 3.05. The number of hydrogen-bond donors (Lipinski definition) is 1. The number of piperazine rings is 1. The molecule has 1 aromatic rings. The van der Waals surface area contributed by atoms with Crippen molar-refractivity contribution in [1.29, 1.82) is 0 Å². The Morgan fingerprint density at radius 3 is 2.42 bits per heavy atom. The molecule has 2 amide bonds. The molecule has 0 aliphatic carbocycles. The summed E-state index contributed by atoms with van der Waals surface area (Å²) in [7, 11) is 0. The van der Waals surface area contributed by atoms with E-state index in [4.69, 9.17) is 9.47 Å². The fraction of sp³-hybridized carbons (Fsp3) is 0.632. The number of carbonyl (C=O) groups is 1. The zero-order chi connectivity index (χ0) is 18.2. The number of anilines is 1. The second-order valence-electron chi connectivity index (χ2n) is 6.59. The van der Waals surface area contributed by atoms with Gasteiger partial charge >= 0.3 is 6.03 Å². The molecule has 0 bridgehead atoms. The van der Waals surface area contributed by atoms with Crippen molar-refractivity contribution < 1.29 is 14.3 Å². The van der Waals surface area contributed by atoms with Crippen LogP contribution in [-0.4, -0.2) is 88.0 Å². The van der Waals surface area contributed by atoms with Crippen molar-refractivity contribution in [2.75, 3.05) is 77.1 Å². The van der Waals surface area contributed by atoms with Gasteiger partial charge < -0.3 is 24.6 Å². The molecule has 3 rings (SSSR count). The van der Waals surface area contributed by atoms with Crippen molar-refractivity contribution in [1.82, 2.24) is 15.1 Å². The lowest BCUT2D eigenvalue weighted by molar-refractivity contribution is 0.0386. The van der Waals surface area contributed by atoms with E-state index in [1.54, 1.807) is 0 Å². The Morgan fingerprint density at radius 2 is 1.77 bits per heavy atom. The van der Waals surface area contributed by atoms with Gasteiger partial charge in [-0.05, 0) is 31.2 Å². The van der Waals surface area contributed by atoms with Gasteiger partial charge in [-0.15, -0.1) is 0 Å². The van der Waals surface area contributed by atoms with Crippen molar-refractivity contribution >= 4 is 11.7 Å². The second kappa shape index (κ2) is 9.64. The van der Waals surface area contributed by atoms with Gasteiger partial charge in [-0.3, -0.25) is 4.90 Å². The summed E-state index contributed by atoms with van der Waals surface area (Å²) in [5.74, 6) is 0.898. The molecular weight excluding hydrogens is 332 g/mol. The van der Waals surface area contributed by atoms with Gasteiger partial charge in [0, 0.05) is 58.0 Å². The zero-order valence-electron chi connectivity index (χ0n) is 15.7. The first-order chi connectivity index (χ1) is 12.8. The molecule has 26 heavy (non-hydrogen) atoms. The lowest BCUT2D eigenvalue weighted by atomic mass is 10.2. The minimum Gasteiger partial charge on any atom is -0.494 e. The molecule has 2 saturated heterocycles. The molecule has 7 nitrogen and oxygen atoms in total. The molecule has 2 heterocycles. The summed E-state index contributed by atoms with van der Waals surface area (Å²) in [5.41, 5.74) is 1.18. The average molecular weight is 362 g/mol. The van der Waals surface area contributed by atoms with E-state index >= 15 is 0 Å². The third kappa shape index (κ3) is 5.25. The van der Waals surface area contributed by atoms with Crippen LogP contribution in [-0.2, 0) is 4.74 Å². The van der Waals surface area contributed by atoms with Crippen LogP contribution in [0.5, 0.6) is 5.75 Å². The van der Waals surface area contributed by atoms with E-state index in [2.05, 4.69) is 27.2 Å². The van der Waals surface area contributed by atoms with E-state index in [1.165, 1.54) is 5.69 Å². The summed E-state index contributed by atoms with van der Waals surface area (Å²) in [6.07, 6.45) is 0. The molecule has 0 saturated carbocycles. The first-order valence-corrected chi connectivity index (χ1v) is 9.57. The maximum atomic E-state index is 12.3. The van der Waals surface area contributed by atoms with Gasteiger partial charge in [0.1, 0.15) is 5.75 Å². The summed E-state index contributed by atoms with van der Waals surface area (Å²) >= 11 is 0. The Morgan fingerprint density at radius 1 is 1.08 bits per heavy atom. The highest BCUT2D eigenvalue weighted by molar-refractivity contribution is 5.74. The molecule has 0 unspecified atom stereocenters. The number of nitrogens with zero attached hydrogens (tertiary/aromatic N) is 3. The van der Waals surface area contributed by atoms with Gasteiger partial charge in [-0.25, -0.2) is 4.79 Å². The van der Waals surface area contributed by atoms with Crippen LogP contribution in [0.15, 0.2) is 24.3 Å². The van der Waals surface area contributed by atoms with E-state index in [-0.39, 0.29) is 6.03 Å². The largest absolute Gasteiger partial charge is 0.494 e. The van der Waals surface area contributed by atoms with Crippen LogP contribution in [0.4, 0.5) is 10.5 Å². The van der Waals surface area contributed by atoms with Crippen LogP contribution in [0.3, 0.4) is 0 Å². The van der Waals surface area contributed by atoms with Crippen molar-refractivity contribution in [3.05, 3.63) is 24.3 Å². The minimum atomic E-state index is 0.0459. The van der Waals surface area contributed by atoms with Crippen LogP contribution < -0.4 is 15.0 Å². The summed E-state index contributed by atoms with van der Waals surface area (Å²) in [6, 6.07) is 8.23. The van der Waals surface area contributed by atoms with Gasteiger partial charge in [0.25, 0.3) is 0 Å². The molecule has 144 valence electrons. The van der Waals surface area contributed by atoms with Crippen LogP contribution in [0, 0.1) is 0 Å². The molecule has 0 aromatic heterocycles. The monoisotopic (exact) mass is 362 g/mol. The highest BCUT2D eigenvalue weighted by Gasteiger charge is 2.21. The fourth-order valence-corrected chi connectivity index (χ4v) is 3.35. The predicted octanol–water partition coefficient (Wildman–Crippen LogP) is 1.25. The van der Waals surface area contributed by atoms with Gasteiger partial charge in [-0.2, -0.15) is 0 Å². The molecule has 1 N–H and O–H groups in total. The SMILES string of the molecule is CCOc1ccc(N2CCN(C(=O)NCCN3CCOCC3)CC2)cc1. The standard InChI is InChI=1S/C19H30N4O3/c1-2-26-18-5-3-17(4-6-18)22-9-11-23(12-10-22)19(24)20-7-8-21-13-15-25-16-14-21/h3-6H,2,7-16H2,1H3,(H,20,24). The Bertz CT molecular complexity index is 552. The molecule has 2 aliphatic heterocycles. The quantitative estimate of drug-likeness (QED) is 0.825. The smallest absolute Gasteiger partial charge is 0.317 e. The van der Waals surface area contributed by atoms with Crippen LogP contribution in [0.2, 0.25) is 0 Å². The van der Waals surface area contributed by atoms with Crippen LogP contribution in [0.25, 0.3) is 0 Å². The molecule has 0 radical (unpaired) electrons. The number of amides is 2. The average Bonchev–Trinajstić information content (AvgIpc) is 2.70. The Hall–Kier alpha value is -1.99. The Labute approximate surface area is 155 Å². The lowest BCUT2D eigenvalue weighted by Gasteiger charge is -2.36. The van der Waals surface area contributed by atoms with Crippen molar-refractivity contribution in [2.45, 2.75) is 6.92 Å². The number of nitrogens with one attached hydrogen (secondary N) is 1. The number of carbonyl (C=O) groups excluding carboxylic acids is 1. The highest BCUT2D eigenvalue weighted by Crippen LogP contribution is 2.20. The van der Waals surface area contributed by atoms with E-state index in [1.807, 2.05) is 24.0 Å². The highest BCUT2D eigenvalue weighted by atomic mass is 16.5. The summed E-state index contributed by atoms with van der Waals surface area (Å²) in [6.45, 7) is 10.9. The first-order valence-electron chi connectivity index (χ1n) is 9.57. The fourth-order valence-electron chi connectivity index (χ4n) is 3.35. The third-order valence-corrected chi connectivity index (χ3v) is 4.89. The number of hydrogen-bond acceptors (Lipinski definition) is 5. The molecule has 2 aliphatic rings. The molecular formula is C19H30N4O3. The van der Waals surface area contributed by atoms with E-state index in [0.29, 0.717) is 13.2 Å². The Kier molecular flexibility index (Phi) is 6.96. The first kappa shape index (κ1) is 18.8. The number of urea groups is 1. The maximum Gasteiger partial charge on any atom is 0.317 e. The maximum absolute atomic E-state index is 12.3. The Balaban J connectivity index is 1.37. The van der Waals surface area contributed by atoms with Gasteiger partial charge in [0.2, 0.25) is 0 Å². The van der Waals surface area contributed by atoms with Crippen LogP contribution >= 0.6 is 0 Å². The van der Waals surface area contributed by atoms with Crippen LogP contribution in [0.1, 0.15) is 6.92 Å². The van der Waals surface area contributed by atoms with Crippen molar-refractivity contribution in [3.8, 4) is 5.75 Å². The van der Waals surface area contributed by atoms with Crippen molar-refractivity contribution in [3.63, 3.8) is 0 Å². The number of ether oxygens (including phenoxy) is 2. The number of benzene rings is 1. The van der Waals surface area contributed by atoms with Crippen molar-refractivity contribution in [2.24, 2.45) is 0 Å². The molecule has 7 heteroatoms.